The van der Waals surface area contributed by atoms with Crippen LogP contribution in [0.4, 0.5) is 11.4 Å². The van der Waals surface area contributed by atoms with Gasteiger partial charge in [-0.25, -0.2) is 0 Å². The predicted molar refractivity (Wildman–Crippen MR) is 98.5 cm³/mol. The molecule has 0 fully saturated rings. The molecular formula is C19H22N3O4+. The first-order chi connectivity index (χ1) is 12.5. The third-order valence-electron chi connectivity index (χ3n) is 4.18. The topological polar surface area (TPSA) is 93.8 Å². The normalized spacial score (nSPS) is 10.6. The highest BCUT2D eigenvalue weighted by Gasteiger charge is 2.20. The van der Waals surface area contributed by atoms with Gasteiger partial charge in [0.25, 0.3) is 11.6 Å². The van der Waals surface area contributed by atoms with Crippen molar-refractivity contribution >= 4 is 23.1 Å². The lowest BCUT2D eigenvalue weighted by Gasteiger charge is -2.16. The van der Waals surface area contributed by atoms with E-state index < -0.39 is 4.92 Å². The summed E-state index contributed by atoms with van der Waals surface area (Å²) in [4.78, 5) is 36.7. The summed E-state index contributed by atoms with van der Waals surface area (Å²) in [6.45, 7) is 5.85. The van der Waals surface area contributed by atoms with Gasteiger partial charge < -0.3 is 10.2 Å². The predicted octanol–water partition coefficient (Wildman–Crippen LogP) is 1.69. The molecule has 0 saturated carbocycles. The summed E-state index contributed by atoms with van der Waals surface area (Å²) >= 11 is 0. The Bertz CT molecular complexity index is 802. The summed E-state index contributed by atoms with van der Waals surface area (Å²) in [6, 6.07) is 12.4. The number of quaternary nitrogens is 1. The smallest absolute Gasteiger partial charge is 0.279 e. The largest absolute Gasteiger partial charge is 0.328 e. The van der Waals surface area contributed by atoms with Gasteiger partial charge in [-0.1, -0.05) is 30.3 Å². The number of anilines is 1. The van der Waals surface area contributed by atoms with Crippen LogP contribution in [0.2, 0.25) is 0 Å². The van der Waals surface area contributed by atoms with Crippen molar-refractivity contribution in [1.82, 2.24) is 0 Å². The van der Waals surface area contributed by atoms with Crippen molar-refractivity contribution in [3.63, 3.8) is 0 Å². The minimum absolute atomic E-state index is 0.105. The number of nitro benzene ring substituents is 1. The number of rotatable bonds is 8. The number of nitro groups is 1. The van der Waals surface area contributed by atoms with E-state index in [4.69, 9.17) is 0 Å². The third-order valence-corrected chi connectivity index (χ3v) is 4.18. The number of non-ortho nitro benzene ring substituents is 1. The van der Waals surface area contributed by atoms with Crippen molar-refractivity contribution in [1.29, 1.82) is 0 Å². The zero-order valence-corrected chi connectivity index (χ0v) is 14.8. The maximum atomic E-state index is 12.8. The number of nitrogens with one attached hydrogen (secondary N) is 2. The van der Waals surface area contributed by atoms with E-state index in [0.717, 1.165) is 18.0 Å². The molecular weight excluding hydrogens is 334 g/mol. The fourth-order valence-corrected chi connectivity index (χ4v) is 2.61. The summed E-state index contributed by atoms with van der Waals surface area (Å²) in [5, 5.41) is 13.8. The molecule has 2 N–H and O–H groups in total. The Balaban J connectivity index is 2.35. The van der Waals surface area contributed by atoms with Crippen LogP contribution in [0.1, 0.15) is 29.8 Å². The second-order valence-electron chi connectivity index (χ2n) is 5.86. The minimum atomic E-state index is -0.562. The summed E-state index contributed by atoms with van der Waals surface area (Å²) < 4.78 is 0. The van der Waals surface area contributed by atoms with Crippen molar-refractivity contribution in [2.24, 2.45) is 0 Å². The Morgan fingerprint density at radius 3 is 2.31 bits per heavy atom. The Kier molecular flexibility index (Phi) is 6.57. The second-order valence-corrected chi connectivity index (χ2v) is 5.86. The lowest BCUT2D eigenvalue weighted by molar-refractivity contribution is -0.888. The van der Waals surface area contributed by atoms with E-state index in [9.17, 15) is 19.7 Å². The Morgan fingerprint density at radius 2 is 1.73 bits per heavy atom. The van der Waals surface area contributed by atoms with Gasteiger partial charge in [-0.2, -0.15) is 0 Å². The van der Waals surface area contributed by atoms with Gasteiger partial charge in [-0.15, -0.1) is 0 Å². The fraction of sp³-hybridized carbons (Fsp3) is 0.263. The molecule has 0 aromatic heterocycles. The van der Waals surface area contributed by atoms with E-state index in [1.807, 2.05) is 13.8 Å². The molecule has 136 valence electrons. The average molecular weight is 356 g/mol. The van der Waals surface area contributed by atoms with Crippen LogP contribution in [0, 0.1) is 10.1 Å². The quantitative estimate of drug-likeness (QED) is 0.428. The molecule has 2 aromatic rings. The summed E-state index contributed by atoms with van der Waals surface area (Å²) in [5.74, 6) is -0.612. The molecule has 1 amide bonds. The number of benzene rings is 2. The van der Waals surface area contributed by atoms with Gasteiger partial charge in [0, 0.05) is 17.7 Å². The van der Waals surface area contributed by atoms with Crippen LogP contribution < -0.4 is 10.2 Å². The van der Waals surface area contributed by atoms with Crippen LogP contribution in [-0.4, -0.2) is 36.2 Å². The Morgan fingerprint density at radius 1 is 1.08 bits per heavy atom. The van der Waals surface area contributed by atoms with Crippen LogP contribution in [0.15, 0.2) is 48.5 Å². The molecule has 0 radical (unpaired) electrons. The zero-order valence-electron chi connectivity index (χ0n) is 14.8. The van der Waals surface area contributed by atoms with E-state index in [1.54, 1.807) is 30.3 Å². The van der Waals surface area contributed by atoms with Gasteiger partial charge in [0.05, 0.1) is 29.3 Å². The molecule has 0 aliphatic rings. The zero-order chi connectivity index (χ0) is 19.1. The lowest BCUT2D eigenvalue weighted by Crippen LogP contribution is -3.12. The monoisotopic (exact) mass is 356 g/mol. The molecule has 7 nitrogen and oxygen atoms in total. The highest BCUT2D eigenvalue weighted by atomic mass is 16.6. The van der Waals surface area contributed by atoms with E-state index in [0.29, 0.717) is 5.56 Å². The molecule has 0 heterocycles. The number of hydrogen-bond acceptors (Lipinski definition) is 4. The van der Waals surface area contributed by atoms with E-state index in [2.05, 4.69) is 5.32 Å². The highest BCUT2D eigenvalue weighted by molar-refractivity contribution is 6.14. The molecule has 0 bridgehead atoms. The number of likely N-dealkylation sites (N-methyl/N-ethyl adjacent to an activating group) is 1. The molecule has 0 aliphatic heterocycles. The average Bonchev–Trinajstić information content (AvgIpc) is 2.66. The van der Waals surface area contributed by atoms with Gasteiger partial charge in [0.1, 0.15) is 0 Å². The van der Waals surface area contributed by atoms with Gasteiger partial charge in [-0.05, 0) is 19.9 Å². The van der Waals surface area contributed by atoms with E-state index >= 15 is 0 Å². The number of nitrogens with zero attached hydrogens (tertiary/aromatic N) is 1. The number of hydrogen-bond donors (Lipinski definition) is 2. The van der Waals surface area contributed by atoms with E-state index in [1.165, 1.54) is 18.2 Å². The molecule has 0 aliphatic carbocycles. The molecule has 2 rings (SSSR count). The van der Waals surface area contributed by atoms with Gasteiger partial charge in [0.2, 0.25) is 0 Å². The summed E-state index contributed by atoms with van der Waals surface area (Å²) in [7, 11) is 0. The number of carbonyl (C=O) groups excluding carboxylic acids is 2. The van der Waals surface area contributed by atoms with Gasteiger partial charge in [-0.3, -0.25) is 19.7 Å². The van der Waals surface area contributed by atoms with Crippen molar-refractivity contribution in [2.75, 3.05) is 25.0 Å². The van der Waals surface area contributed by atoms with Crippen molar-refractivity contribution in [3.05, 3.63) is 69.8 Å². The molecule has 0 unspecified atom stereocenters. The van der Waals surface area contributed by atoms with Crippen LogP contribution in [0.3, 0.4) is 0 Å². The van der Waals surface area contributed by atoms with Crippen molar-refractivity contribution in [3.8, 4) is 0 Å². The molecule has 0 spiro atoms. The van der Waals surface area contributed by atoms with Crippen LogP contribution in [0.25, 0.3) is 0 Å². The Labute approximate surface area is 151 Å². The molecule has 0 atom stereocenters. The number of carbonyl (C=O) groups is 2. The lowest BCUT2D eigenvalue weighted by atomic mass is 10.0. The van der Waals surface area contributed by atoms with E-state index in [-0.39, 0.29) is 35.2 Å². The molecule has 0 saturated heterocycles. The summed E-state index contributed by atoms with van der Waals surface area (Å²) in [6.07, 6.45) is 0. The first-order valence-electron chi connectivity index (χ1n) is 8.47. The molecule has 2 aromatic carbocycles. The summed E-state index contributed by atoms with van der Waals surface area (Å²) in [5.41, 5.74) is 0.587. The maximum Gasteiger partial charge on any atom is 0.279 e. The molecule has 26 heavy (non-hydrogen) atoms. The van der Waals surface area contributed by atoms with Crippen LogP contribution >= 0.6 is 0 Å². The third kappa shape index (κ3) is 4.73. The first-order valence-corrected chi connectivity index (χ1v) is 8.47. The fourth-order valence-electron chi connectivity index (χ4n) is 2.61. The van der Waals surface area contributed by atoms with Crippen molar-refractivity contribution in [2.45, 2.75) is 13.8 Å². The highest BCUT2D eigenvalue weighted by Crippen LogP contribution is 2.24. The maximum absolute atomic E-state index is 12.8. The molecule has 7 heteroatoms. The Hall–Kier alpha value is -3.06. The van der Waals surface area contributed by atoms with Crippen LogP contribution in [0.5, 0.6) is 0 Å². The van der Waals surface area contributed by atoms with Crippen molar-refractivity contribution < 1.29 is 19.4 Å². The standard InChI is InChI=1S/C19H21N3O4/c1-3-21(4-2)13-18(23)20-17-11-10-15(22(25)26)12-16(17)19(24)14-8-6-5-7-9-14/h5-12H,3-4,13H2,1-2H3,(H,20,23)/p+1. The first kappa shape index (κ1) is 19.3. The number of ketones is 1. The van der Waals surface area contributed by atoms with Gasteiger partial charge >= 0.3 is 0 Å². The van der Waals surface area contributed by atoms with Crippen LogP contribution in [-0.2, 0) is 4.79 Å². The van der Waals surface area contributed by atoms with Gasteiger partial charge in [0.15, 0.2) is 12.3 Å². The minimum Gasteiger partial charge on any atom is -0.328 e. The second kappa shape index (κ2) is 8.87. The SMILES string of the molecule is CC[NH+](CC)CC(=O)Nc1ccc([N+](=O)[O-])cc1C(=O)c1ccccc1. The number of amides is 1.